The van der Waals surface area contributed by atoms with Crippen LogP contribution in [0, 0.1) is 5.41 Å². The summed E-state index contributed by atoms with van der Waals surface area (Å²) < 4.78 is 11.3. The van der Waals surface area contributed by atoms with Gasteiger partial charge in [-0.3, -0.25) is 0 Å². The van der Waals surface area contributed by atoms with Crippen LogP contribution in [0.5, 0.6) is 11.5 Å². The molecule has 1 saturated carbocycles. The summed E-state index contributed by atoms with van der Waals surface area (Å²) in [5.74, 6) is 1.77. The van der Waals surface area contributed by atoms with Crippen LogP contribution < -0.4 is 9.47 Å². The maximum atomic E-state index is 5.69. The Morgan fingerprint density at radius 3 is 2.47 bits per heavy atom. The van der Waals surface area contributed by atoms with Gasteiger partial charge in [-0.2, -0.15) is 0 Å². The number of alkyl halides is 1. The van der Waals surface area contributed by atoms with Crippen molar-refractivity contribution in [1.29, 1.82) is 0 Å². The fraction of sp³-hybridized carbons (Fsp3) is 0.625. The Labute approximate surface area is 123 Å². The first-order valence-corrected chi connectivity index (χ1v) is 8.14. The molecule has 1 aromatic rings. The number of ether oxygens (including phenoxy) is 2. The maximum Gasteiger partial charge on any atom is 0.161 e. The highest BCUT2D eigenvalue weighted by Gasteiger charge is 2.35. The van der Waals surface area contributed by atoms with Crippen LogP contribution in [0.15, 0.2) is 18.2 Å². The van der Waals surface area contributed by atoms with E-state index in [0.29, 0.717) is 23.5 Å². The van der Waals surface area contributed by atoms with Gasteiger partial charge in [0.1, 0.15) is 13.2 Å². The van der Waals surface area contributed by atoms with Crippen LogP contribution in [-0.2, 0) is 0 Å². The van der Waals surface area contributed by atoms with E-state index in [9.17, 15) is 0 Å². The average molecular weight is 325 g/mol. The second-order valence-corrected chi connectivity index (χ2v) is 6.90. The average Bonchev–Trinajstić information content (AvgIpc) is 2.47. The predicted molar refractivity (Wildman–Crippen MR) is 80.3 cm³/mol. The molecule has 1 aliphatic carbocycles. The summed E-state index contributed by atoms with van der Waals surface area (Å²) in [5, 5.41) is 0. The highest BCUT2D eigenvalue weighted by molar-refractivity contribution is 9.09. The number of hydrogen-bond donors (Lipinski definition) is 0. The summed E-state index contributed by atoms with van der Waals surface area (Å²) >= 11 is 3.94. The van der Waals surface area contributed by atoms with Gasteiger partial charge in [0.25, 0.3) is 0 Å². The largest absolute Gasteiger partial charge is 0.486 e. The molecule has 0 saturated heterocycles. The summed E-state index contributed by atoms with van der Waals surface area (Å²) in [4.78, 5) is 0.399. The molecule has 1 aromatic carbocycles. The van der Waals surface area contributed by atoms with Gasteiger partial charge < -0.3 is 9.47 Å². The molecule has 2 nitrogen and oxygen atoms in total. The van der Waals surface area contributed by atoms with Gasteiger partial charge >= 0.3 is 0 Å². The smallest absolute Gasteiger partial charge is 0.161 e. The zero-order valence-electron chi connectivity index (χ0n) is 11.5. The lowest BCUT2D eigenvalue weighted by Gasteiger charge is -2.38. The first-order chi connectivity index (χ1) is 9.19. The van der Waals surface area contributed by atoms with Crippen molar-refractivity contribution in [3.05, 3.63) is 23.8 Å². The monoisotopic (exact) mass is 324 g/mol. The van der Waals surface area contributed by atoms with Gasteiger partial charge in [-0.1, -0.05) is 48.2 Å². The Bertz CT molecular complexity index is 452. The minimum Gasteiger partial charge on any atom is -0.486 e. The van der Waals surface area contributed by atoms with Crippen molar-refractivity contribution < 1.29 is 9.47 Å². The van der Waals surface area contributed by atoms with Crippen molar-refractivity contribution in [2.45, 2.75) is 43.9 Å². The minimum absolute atomic E-state index is 0.363. The fourth-order valence-corrected chi connectivity index (χ4v) is 3.98. The second-order valence-electron chi connectivity index (χ2n) is 5.98. The second kappa shape index (κ2) is 5.35. The third kappa shape index (κ3) is 2.62. The summed E-state index contributed by atoms with van der Waals surface area (Å²) in [5.41, 5.74) is 1.68. The summed E-state index contributed by atoms with van der Waals surface area (Å²) in [6, 6.07) is 6.37. The van der Waals surface area contributed by atoms with Gasteiger partial charge in [0.2, 0.25) is 0 Å². The van der Waals surface area contributed by atoms with E-state index in [1.807, 2.05) is 6.07 Å². The van der Waals surface area contributed by atoms with Crippen LogP contribution in [-0.4, -0.2) is 13.2 Å². The number of rotatable bonds is 2. The molecule has 0 radical (unpaired) electrons. The van der Waals surface area contributed by atoms with Crippen LogP contribution in [0.25, 0.3) is 0 Å². The molecule has 19 heavy (non-hydrogen) atoms. The van der Waals surface area contributed by atoms with E-state index in [-0.39, 0.29) is 0 Å². The number of halogens is 1. The highest BCUT2D eigenvalue weighted by Crippen LogP contribution is 2.51. The van der Waals surface area contributed by atoms with Gasteiger partial charge in [0.15, 0.2) is 11.5 Å². The molecule has 1 fully saturated rings. The number of hydrogen-bond acceptors (Lipinski definition) is 2. The summed E-state index contributed by atoms with van der Waals surface area (Å²) in [6.07, 6.45) is 6.69. The third-order valence-corrected chi connectivity index (χ3v) is 6.10. The molecule has 1 heterocycles. The Morgan fingerprint density at radius 2 is 1.74 bits per heavy atom. The standard InChI is InChI=1S/C16H21BrO2/c1-16(7-3-2-4-8-16)15(17)12-5-6-13-14(11-12)19-10-9-18-13/h5-6,11,15H,2-4,7-10H2,1H3. The van der Waals surface area contributed by atoms with E-state index >= 15 is 0 Å². The molecule has 0 aromatic heterocycles. The van der Waals surface area contributed by atoms with E-state index in [1.54, 1.807) is 0 Å². The lowest BCUT2D eigenvalue weighted by molar-refractivity contribution is 0.170. The van der Waals surface area contributed by atoms with Crippen LogP contribution in [0.4, 0.5) is 0 Å². The Hall–Kier alpha value is -0.700. The molecule has 0 spiro atoms. The topological polar surface area (TPSA) is 18.5 Å². The quantitative estimate of drug-likeness (QED) is 0.723. The van der Waals surface area contributed by atoms with E-state index < -0.39 is 0 Å². The van der Waals surface area contributed by atoms with Crippen LogP contribution in [0.2, 0.25) is 0 Å². The molecule has 1 unspecified atom stereocenters. The van der Waals surface area contributed by atoms with Gasteiger partial charge in [0, 0.05) is 4.83 Å². The molecule has 3 rings (SSSR count). The zero-order valence-corrected chi connectivity index (χ0v) is 13.0. The van der Waals surface area contributed by atoms with Gasteiger partial charge in [-0.05, 0) is 36.0 Å². The van der Waals surface area contributed by atoms with E-state index in [4.69, 9.17) is 9.47 Å². The third-order valence-electron chi connectivity index (χ3n) is 4.47. The van der Waals surface area contributed by atoms with Crippen LogP contribution in [0.1, 0.15) is 49.4 Å². The van der Waals surface area contributed by atoms with Crippen molar-refractivity contribution in [3.63, 3.8) is 0 Å². The lowest BCUT2D eigenvalue weighted by Crippen LogP contribution is -2.25. The number of fused-ring (bicyclic) bond motifs is 1. The maximum absolute atomic E-state index is 5.69. The highest BCUT2D eigenvalue weighted by atomic mass is 79.9. The minimum atomic E-state index is 0.363. The molecule has 0 bridgehead atoms. The van der Waals surface area contributed by atoms with Gasteiger partial charge in [-0.15, -0.1) is 0 Å². The first kappa shape index (κ1) is 13.3. The molecule has 2 aliphatic rings. The van der Waals surface area contributed by atoms with Crippen molar-refractivity contribution in [2.24, 2.45) is 5.41 Å². The molecule has 104 valence electrons. The van der Waals surface area contributed by atoms with Crippen molar-refractivity contribution in [1.82, 2.24) is 0 Å². The SMILES string of the molecule is CC1(C(Br)c2ccc3c(c2)OCCO3)CCCCC1. The first-order valence-electron chi connectivity index (χ1n) is 7.23. The van der Waals surface area contributed by atoms with Crippen molar-refractivity contribution in [3.8, 4) is 11.5 Å². The molecule has 3 heteroatoms. The van der Waals surface area contributed by atoms with Crippen molar-refractivity contribution in [2.75, 3.05) is 13.2 Å². The normalized spacial score (nSPS) is 22.8. The fourth-order valence-electron chi connectivity index (χ4n) is 3.23. The Kier molecular flexibility index (Phi) is 3.75. The Morgan fingerprint density at radius 1 is 1.05 bits per heavy atom. The molecule has 1 atom stereocenters. The van der Waals surface area contributed by atoms with Gasteiger partial charge in [-0.25, -0.2) is 0 Å². The van der Waals surface area contributed by atoms with E-state index in [1.165, 1.54) is 37.7 Å². The number of benzene rings is 1. The van der Waals surface area contributed by atoms with Crippen LogP contribution in [0.3, 0.4) is 0 Å². The molecule has 0 amide bonds. The molecular formula is C16H21BrO2. The predicted octanol–water partition coefficient (Wildman–Crippen LogP) is 4.86. The summed E-state index contributed by atoms with van der Waals surface area (Å²) in [6.45, 7) is 3.71. The van der Waals surface area contributed by atoms with E-state index in [0.717, 1.165) is 11.5 Å². The summed E-state index contributed by atoms with van der Waals surface area (Å²) in [7, 11) is 0. The van der Waals surface area contributed by atoms with Crippen molar-refractivity contribution >= 4 is 15.9 Å². The van der Waals surface area contributed by atoms with Crippen LogP contribution >= 0.6 is 15.9 Å². The Balaban J connectivity index is 1.84. The zero-order chi connectivity index (χ0) is 13.3. The van der Waals surface area contributed by atoms with E-state index in [2.05, 4.69) is 35.0 Å². The molecule has 1 aliphatic heterocycles. The molecular weight excluding hydrogens is 304 g/mol. The molecule has 0 N–H and O–H groups in total. The lowest BCUT2D eigenvalue weighted by atomic mass is 9.72. The van der Waals surface area contributed by atoms with Gasteiger partial charge in [0.05, 0.1) is 0 Å².